The van der Waals surface area contributed by atoms with Gasteiger partial charge in [0.2, 0.25) is 5.88 Å². The van der Waals surface area contributed by atoms with E-state index in [0.717, 1.165) is 5.56 Å². The molecule has 2 heterocycles. The van der Waals surface area contributed by atoms with Gasteiger partial charge in [0.05, 0.1) is 41.1 Å². The molecule has 40 heavy (non-hydrogen) atoms. The summed E-state index contributed by atoms with van der Waals surface area (Å²) in [4.78, 5) is 16.3. The monoisotopic (exact) mass is 673 g/mol. The van der Waals surface area contributed by atoms with Crippen molar-refractivity contribution in [2.75, 3.05) is 34.0 Å². The number of aryl methyl sites for hydroxylation is 2. The van der Waals surface area contributed by atoms with Crippen molar-refractivity contribution in [3.8, 4) is 11.6 Å². The van der Waals surface area contributed by atoms with Crippen molar-refractivity contribution in [1.82, 2.24) is 14.6 Å². The second-order valence-corrected chi connectivity index (χ2v) is 14.5. The number of aromatic nitrogens is 3. The number of carbonyl (C=O) groups excluding carboxylic acids is 1. The third kappa shape index (κ3) is 9.59. The van der Waals surface area contributed by atoms with Crippen LogP contribution >= 0.6 is 36.6 Å². The molecule has 0 aliphatic heterocycles. The SMILES string of the molecule is CCOC(=O)c1cn2nc(OP(=S)(OCC)OCC)cc2nc1C.COP(=S)(OC)Oc1c(Cl)cc(C)cc1Cl. The number of hydrogen-bond acceptors (Lipinski definition) is 12. The number of benzene rings is 1. The van der Waals surface area contributed by atoms with Gasteiger partial charge >= 0.3 is 19.4 Å². The van der Waals surface area contributed by atoms with Crippen LogP contribution in [0, 0.1) is 13.8 Å². The second kappa shape index (κ2) is 15.7. The molecule has 0 aliphatic carbocycles. The fraction of sp³-hybridized carbons (Fsp3) is 0.435. The highest BCUT2D eigenvalue weighted by atomic mass is 35.5. The zero-order valence-corrected chi connectivity index (χ0v) is 27.9. The predicted molar refractivity (Wildman–Crippen MR) is 162 cm³/mol. The lowest BCUT2D eigenvalue weighted by atomic mass is 10.2. The first-order chi connectivity index (χ1) is 18.8. The summed E-state index contributed by atoms with van der Waals surface area (Å²) in [6, 6.07) is 5.07. The molecule has 0 radical (unpaired) electrons. The van der Waals surface area contributed by atoms with Gasteiger partial charge in [0.25, 0.3) is 0 Å². The van der Waals surface area contributed by atoms with E-state index < -0.39 is 19.4 Å². The molecule has 3 aromatic rings. The highest BCUT2D eigenvalue weighted by Gasteiger charge is 2.24. The summed E-state index contributed by atoms with van der Waals surface area (Å²) in [5, 5.41) is 5.00. The molecule has 1 aromatic carbocycles. The maximum Gasteiger partial charge on any atom is 0.381 e. The summed E-state index contributed by atoms with van der Waals surface area (Å²) in [6.45, 7) is 4.28. The van der Waals surface area contributed by atoms with Crippen LogP contribution in [0.2, 0.25) is 10.0 Å². The molecule has 0 saturated carbocycles. The van der Waals surface area contributed by atoms with Crippen LogP contribution in [0.15, 0.2) is 24.4 Å². The van der Waals surface area contributed by atoms with Crippen molar-refractivity contribution in [2.24, 2.45) is 0 Å². The van der Waals surface area contributed by atoms with E-state index in [1.165, 1.54) is 18.7 Å². The van der Waals surface area contributed by atoms with E-state index in [4.69, 9.17) is 78.7 Å². The zero-order valence-electron chi connectivity index (χ0n) is 23.0. The van der Waals surface area contributed by atoms with E-state index in [1.807, 2.05) is 20.8 Å². The maximum absolute atomic E-state index is 11.9. The number of rotatable bonds is 12. The van der Waals surface area contributed by atoms with Gasteiger partial charge in [0.15, 0.2) is 11.4 Å². The van der Waals surface area contributed by atoms with E-state index >= 15 is 0 Å². The molecule has 0 unspecified atom stereocenters. The second-order valence-electron chi connectivity index (χ2n) is 7.58. The molecule has 0 saturated heterocycles. The molecule has 0 spiro atoms. The summed E-state index contributed by atoms with van der Waals surface area (Å²) >= 11 is 22.4. The van der Waals surface area contributed by atoms with Crippen LogP contribution in [-0.2, 0) is 46.4 Å². The molecule has 0 atom stereocenters. The van der Waals surface area contributed by atoms with Crippen molar-refractivity contribution in [1.29, 1.82) is 0 Å². The van der Waals surface area contributed by atoms with E-state index in [0.29, 0.717) is 45.9 Å². The summed E-state index contributed by atoms with van der Waals surface area (Å²) in [7, 11) is 2.83. The Balaban J connectivity index is 0.000000305. The third-order valence-corrected chi connectivity index (χ3v) is 10.1. The lowest BCUT2D eigenvalue weighted by Gasteiger charge is -2.19. The van der Waals surface area contributed by atoms with Crippen LogP contribution in [0.1, 0.15) is 42.4 Å². The summed E-state index contributed by atoms with van der Waals surface area (Å²) < 4.78 is 38.4. The minimum Gasteiger partial charge on any atom is -0.462 e. The van der Waals surface area contributed by atoms with Gasteiger partial charge in [-0.05, 0) is 52.3 Å². The Morgan fingerprint density at radius 1 is 0.925 bits per heavy atom. The normalized spacial score (nSPS) is 11.6. The van der Waals surface area contributed by atoms with Crippen LogP contribution in [0.5, 0.6) is 11.6 Å². The van der Waals surface area contributed by atoms with Gasteiger partial charge < -0.3 is 22.8 Å². The molecule has 222 valence electrons. The van der Waals surface area contributed by atoms with E-state index in [-0.39, 0.29) is 12.5 Å². The lowest BCUT2D eigenvalue weighted by Crippen LogP contribution is -2.10. The van der Waals surface area contributed by atoms with Crippen molar-refractivity contribution < 1.29 is 36.7 Å². The predicted octanol–water partition coefficient (Wildman–Crippen LogP) is 7.09. The summed E-state index contributed by atoms with van der Waals surface area (Å²) in [5.74, 6) is 0.0743. The van der Waals surface area contributed by atoms with Gasteiger partial charge in [-0.25, -0.2) is 14.3 Å². The topological polar surface area (TPSA) is 112 Å². The number of halogens is 2. The first-order valence-corrected chi connectivity index (χ1v) is 17.7. The third-order valence-electron chi connectivity index (χ3n) is 4.69. The fourth-order valence-electron chi connectivity index (χ4n) is 3.00. The average molecular weight is 675 g/mol. The molecule has 17 heteroatoms. The quantitative estimate of drug-likeness (QED) is 0.144. The van der Waals surface area contributed by atoms with Crippen molar-refractivity contribution in [3.63, 3.8) is 0 Å². The number of esters is 1. The highest BCUT2D eigenvalue weighted by molar-refractivity contribution is 8.08. The standard InChI is InChI=1S/C14H20N3O5PS.C9H11Cl2O3PS/c1-5-19-14(18)11-9-17-12(15-10(11)4)8-13(16-17)22-23(24,20-6-2)21-7-3;1-6-4-7(10)9(8(11)5-6)14-15(16,12-2)13-3/h8-9H,5-7H2,1-4H3;4-5H,1-3H3. The number of ether oxygens (including phenoxy) is 1. The van der Waals surface area contributed by atoms with Crippen LogP contribution < -0.4 is 9.05 Å². The zero-order chi connectivity index (χ0) is 30.1. The van der Waals surface area contributed by atoms with Gasteiger partial charge in [-0.1, -0.05) is 23.2 Å². The fourth-order valence-corrected chi connectivity index (χ4v) is 6.71. The first-order valence-electron chi connectivity index (χ1n) is 11.8. The van der Waals surface area contributed by atoms with Crippen LogP contribution in [-0.4, -0.2) is 54.6 Å². The number of hydrogen-bond donors (Lipinski definition) is 0. The van der Waals surface area contributed by atoms with E-state index in [1.54, 1.807) is 38.2 Å². The molecule has 0 amide bonds. The minimum atomic E-state index is -2.91. The minimum absolute atomic E-state index is 0.230. The highest BCUT2D eigenvalue weighted by Crippen LogP contribution is 2.52. The molecule has 11 nitrogen and oxygen atoms in total. The first kappa shape index (κ1) is 34.8. The van der Waals surface area contributed by atoms with Gasteiger partial charge in [0, 0.05) is 50.1 Å². The lowest BCUT2D eigenvalue weighted by molar-refractivity contribution is 0.0524. The summed E-state index contributed by atoms with van der Waals surface area (Å²) in [6.07, 6.45) is 1.55. The van der Waals surface area contributed by atoms with Crippen LogP contribution in [0.25, 0.3) is 5.65 Å². The molecule has 0 bridgehead atoms. The van der Waals surface area contributed by atoms with Crippen LogP contribution in [0.4, 0.5) is 0 Å². The molecular formula is C23H31Cl2N3O8P2S2. The van der Waals surface area contributed by atoms with Crippen molar-refractivity contribution in [2.45, 2.75) is 34.6 Å². The van der Waals surface area contributed by atoms with Gasteiger partial charge in [-0.2, -0.15) is 0 Å². The Hall–Kier alpha value is -1.37. The Labute approximate surface area is 253 Å². The Bertz CT molecular complexity index is 1390. The molecule has 2 aromatic heterocycles. The van der Waals surface area contributed by atoms with E-state index in [9.17, 15) is 4.79 Å². The molecule has 0 fully saturated rings. The van der Waals surface area contributed by atoms with E-state index in [2.05, 4.69) is 10.1 Å². The van der Waals surface area contributed by atoms with Crippen molar-refractivity contribution in [3.05, 3.63) is 51.3 Å². The molecular weight excluding hydrogens is 643 g/mol. The molecule has 0 aliphatic rings. The Morgan fingerprint density at radius 3 is 2.00 bits per heavy atom. The smallest absolute Gasteiger partial charge is 0.381 e. The average Bonchev–Trinajstić information content (AvgIpc) is 3.26. The number of fused-ring (bicyclic) bond motifs is 1. The Morgan fingerprint density at radius 2 is 1.50 bits per heavy atom. The van der Waals surface area contributed by atoms with Gasteiger partial charge in [-0.3, -0.25) is 9.05 Å². The summed E-state index contributed by atoms with van der Waals surface area (Å²) in [5.41, 5.74) is 2.34. The maximum atomic E-state index is 11.9. The van der Waals surface area contributed by atoms with Gasteiger partial charge in [0.1, 0.15) is 0 Å². The number of carbonyl (C=O) groups is 1. The number of nitrogens with zero attached hydrogens (tertiary/aromatic N) is 3. The Kier molecular flexibility index (Phi) is 13.7. The van der Waals surface area contributed by atoms with Gasteiger partial charge in [-0.15, -0.1) is 5.10 Å². The molecule has 3 rings (SSSR count). The van der Waals surface area contributed by atoms with Crippen LogP contribution in [0.3, 0.4) is 0 Å². The molecule has 0 N–H and O–H groups in total. The largest absolute Gasteiger partial charge is 0.462 e. The van der Waals surface area contributed by atoms with Crippen molar-refractivity contribution >= 4 is 71.9 Å².